The first-order valence-electron chi connectivity index (χ1n) is 7.76. The molecule has 2 rings (SSSR count). The van der Waals surface area contributed by atoms with Crippen molar-refractivity contribution in [1.82, 2.24) is 4.90 Å². The van der Waals surface area contributed by atoms with Crippen molar-refractivity contribution >= 4 is 0 Å². The smallest absolute Gasteiger partial charge is 0.0599 e. The number of rotatable bonds is 6. The molecule has 0 bridgehead atoms. The third-order valence-corrected chi connectivity index (χ3v) is 4.61. The summed E-state index contributed by atoms with van der Waals surface area (Å²) in [7, 11) is 1.81. The average molecular weight is 276 g/mol. The van der Waals surface area contributed by atoms with Crippen LogP contribution >= 0.6 is 0 Å². The van der Waals surface area contributed by atoms with Crippen LogP contribution in [-0.4, -0.2) is 43.8 Å². The Kier molecular flexibility index (Phi) is 6.02. The number of piperidine rings is 1. The second kappa shape index (κ2) is 7.77. The Morgan fingerprint density at radius 3 is 2.75 bits per heavy atom. The first-order valence-corrected chi connectivity index (χ1v) is 7.76. The van der Waals surface area contributed by atoms with Gasteiger partial charge in [-0.15, -0.1) is 0 Å². The van der Waals surface area contributed by atoms with Crippen LogP contribution in [0, 0.1) is 0 Å². The standard InChI is InChI=1S/C17H28N2O/c1-14(15-6-4-3-5-7-15)8-10-19-11-9-17(20-2)12-16(19)13-18/h3-7,14,16-17H,8-13,18H2,1-2H3. The minimum Gasteiger partial charge on any atom is -0.381 e. The Balaban J connectivity index is 1.84. The summed E-state index contributed by atoms with van der Waals surface area (Å²) in [5, 5.41) is 0. The van der Waals surface area contributed by atoms with Crippen LogP contribution in [0.15, 0.2) is 30.3 Å². The molecule has 3 heteroatoms. The van der Waals surface area contributed by atoms with Gasteiger partial charge < -0.3 is 10.5 Å². The zero-order chi connectivity index (χ0) is 14.4. The second-order valence-corrected chi connectivity index (χ2v) is 5.91. The zero-order valence-electron chi connectivity index (χ0n) is 12.8. The highest BCUT2D eigenvalue weighted by atomic mass is 16.5. The molecule has 0 aromatic heterocycles. The minimum atomic E-state index is 0.395. The monoisotopic (exact) mass is 276 g/mol. The first kappa shape index (κ1) is 15.5. The summed E-state index contributed by atoms with van der Waals surface area (Å²) in [4.78, 5) is 2.55. The maximum Gasteiger partial charge on any atom is 0.0599 e. The predicted octanol–water partition coefficient (Wildman–Crippen LogP) is 2.62. The molecule has 1 saturated heterocycles. The molecule has 0 radical (unpaired) electrons. The largest absolute Gasteiger partial charge is 0.381 e. The highest BCUT2D eigenvalue weighted by Gasteiger charge is 2.27. The quantitative estimate of drug-likeness (QED) is 0.868. The lowest BCUT2D eigenvalue weighted by atomic mass is 9.95. The first-order chi connectivity index (χ1) is 9.74. The van der Waals surface area contributed by atoms with Crippen LogP contribution in [0.2, 0.25) is 0 Å². The topological polar surface area (TPSA) is 38.5 Å². The van der Waals surface area contributed by atoms with Crippen molar-refractivity contribution in [3.8, 4) is 0 Å². The zero-order valence-corrected chi connectivity index (χ0v) is 12.8. The molecule has 112 valence electrons. The minimum absolute atomic E-state index is 0.395. The number of nitrogens with zero attached hydrogens (tertiary/aromatic N) is 1. The Morgan fingerprint density at radius 2 is 2.10 bits per heavy atom. The van der Waals surface area contributed by atoms with Gasteiger partial charge >= 0.3 is 0 Å². The van der Waals surface area contributed by atoms with E-state index in [4.69, 9.17) is 10.5 Å². The summed E-state index contributed by atoms with van der Waals surface area (Å²) >= 11 is 0. The van der Waals surface area contributed by atoms with Crippen LogP contribution in [0.5, 0.6) is 0 Å². The van der Waals surface area contributed by atoms with Gasteiger partial charge in [-0.3, -0.25) is 4.90 Å². The molecule has 0 saturated carbocycles. The number of likely N-dealkylation sites (tertiary alicyclic amines) is 1. The van der Waals surface area contributed by atoms with E-state index in [0.717, 1.165) is 32.5 Å². The third kappa shape index (κ3) is 4.05. The third-order valence-electron chi connectivity index (χ3n) is 4.61. The van der Waals surface area contributed by atoms with E-state index in [1.807, 2.05) is 7.11 Å². The Hall–Kier alpha value is -0.900. The van der Waals surface area contributed by atoms with Gasteiger partial charge in [-0.25, -0.2) is 0 Å². The maximum absolute atomic E-state index is 5.93. The fraction of sp³-hybridized carbons (Fsp3) is 0.647. The summed E-state index contributed by atoms with van der Waals surface area (Å²) in [6.45, 7) is 5.30. The Bertz CT molecular complexity index is 382. The van der Waals surface area contributed by atoms with Crippen LogP contribution in [0.4, 0.5) is 0 Å². The molecule has 0 amide bonds. The SMILES string of the molecule is COC1CCN(CCC(C)c2ccccc2)C(CN)C1. The molecule has 0 aliphatic carbocycles. The van der Waals surface area contributed by atoms with Crippen molar-refractivity contribution in [3.63, 3.8) is 0 Å². The lowest BCUT2D eigenvalue weighted by molar-refractivity contribution is 0.0125. The van der Waals surface area contributed by atoms with Crippen LogP contribution in [-0.2, 0) is 4.74 Å². The maximum atomic E-state index is 5.93. The molecule has 1 aliphatic heterocycles. The summed E-state index contributed by atoms with van der Waals surface area (Å²) in [6.07, 6.45) is 3.80. The van der Waals surface area contributed by atoms with Gasteiger partial charge in [0.25, 0.3) is 0 Å². The molecule has 1 aromatic rings. The van der Waals surface area contributed by atoms with E-state index in [0.29, 0.717) is 18.1 Å². The van der Waals surface area contributed by atoms with Gasteiger partial charge in [0.15, 0.2) is 0 Å². The number of hydrogen-bond donors (Lipinski definition) is 1. The van der Waals surface area contributed by atoms with Gasteiger partial charge in [-0.05, 0) is 37.3 Å². The van der Waals surface area contributed by atoms with E-state index in [1.165, 1.54) is 12.0 Å². The lowest BCUT2D eigenvalue weighted by Crippen LogP contribution is -2.48. The van der Waals surface area contributed by atoms with Gasteiger partial charge in [-0.1, -0.05) is 37.3 Å². The average Bonchev–Trinajstić information content (AvgIpc) is 2.53. The van der Waals surface area contributed by atoms with E-state index in [9.17, 15) is 0 Å². The summed E-state index contributed by atoms with van der Waals surface area (Å²) in [5.41, 5.74) is 7.36. The molecule has 2 N–H and O–H groups in total. The number of hydrogen-bond acceptors (Lipinski definition) is 3. The normalized spacial score (nSPS) is 25.6. The van der Waals surface area contributed by atoms with Crippen LogP contribution in [0.3, 0.4) is 0 Å². The highest BCUT2D eigenvalue weighted by Crippen LogP contribution is 2.23. The Labute approximate surface area is 123 Å². The van der Waals surface area contributed by atoms with Gasteiger partial charge in [0, 0.05) is 26.2 Å². The summed E-state index contributed by atoms with van der Waals surface area (Å²) in [6, 6.07) is 11.3. The van der Waals surface area contributed by atoms with Gasteiger partial charge in [0.2, 0.25) is 0 Å². The van der Waals surface area contributed by atoms with Crippen molar-refractivity contribution < 1.29 is 4.74 Å². The summed E-state index contributed by atoms with van der Waals surface area (Å²) < 4.78 is 5.48. The molecule has 1 heterocycles. The van der Waals surface area contributed by atoms with Gasteiger partial charge in [0.05, 0.1) is 6.10 Å². The molecular weight excluding hydrogens is 248 g/mol. The Morgan fingerprint density at radius 1 is 1.35 bits per heavy atom. The van der Waals surface area contributed by atoms with Crippen LogP contribution in [0.25, 0.3) is 0 Å². The van der Waals surface area contributed by atoms with Crippen molar-refractivity contribution in [1.29, 1.82) is 0 Å². The van der Waals surface area contributed by atoms with Gasteiger partial charge in [-0.2, -0.15) is 0 Å². The molecule has 3 atom stereocenters. The highest BCUT2D eigenvalue weighted by molar-refractivity contribution is 5.18. The second-order valence-electron chi connectivity index (χ2n) is 5.91. The molecular formula is C17H28N2O. The van der Waals surface area contributed by atoms with E-state index < -0.39 is 0 Å². The van der Waals surface area contributed by atoms with Gasteiger partial charge in [0.1, 0.15) is 0 Å². The molecule has 0 spiro atoms. The molecule has 3 nitrogen and oxygen atoms in total. The van der Waals surface area contributed by atoms with Crippen molar-refractivity contribution in [2.45, 2.75) is 44.2 Å². The van der Waals surface area contributed by atoms with Crippen molar-refractivity contribution in [2.24, 2.45) is 5.73 Å². The molecule has 1 aliphatic rings. The number of benzene rings is 1. The van der Waals surface area contributed by atoms with E-state index in [-0.39, 0.29) is 0 Å². The number of nitrogens with two attached hydrogens (primary N) is 1. The fourth-order valence-corrected chi connectivity index (χ4v) is 3.12. The van der Waals surface area contributed by atoms with E-state index in [2.05, 4.69) is 42.2 Å². The molecule has 1 aromatic carbocycles. The van der Waals surface area contributed by atoms with E-state index in [1.54, 1.807) is 0 Å². The number of methoxy groups -OCH3 is 1. The molecule has 1 fully saturated rings. The van der Waals surface area contributed by atoms with E-state index >= 15 is 0 Å². The molecule has 3 unspecified atom stereocenters. The lowest BCUT2D eigenvalue weighted by Gasteiger charge is -2.39. The van der Waals surface area contributed by atoms with Crippen molar-refractivity contribution in [3.05, 3.63) is 35.9 Å². The fourth-order valence-electron chi connectivity index (χ4n) is 3.12. The molecule has 20 heavy (non-hydrogen) atoms. The van der Waals surface area contributed by atoms with Crippen LogP contribution < -0.4 is 5.73 Å². The predicted molar refractivity (Wildman–Crippen MR) is 83.9 cm³/mol. The summed E-state index contributed by atoms with van der Waals surface area (Å²) in [5.74, 6) is 0.606. The van der Waals surface area contributed by atoms with Crippen LogP contribution in [0.1, 0.15) is 37.7 Å². The number of ether oxygens (including phenoxy) is 1. The van der Waals surface area contributed by atoms with Crippen molar-refractivity contribution in [2.75, 3.05) is 26.7 Å².